The topological polar surface area (TPSA) is 67.0 Å². The van der Waals surface area contributed by atoms with Crippen LogP contribution < -0.4 is 16.0 Å². The third kappa shape index (κ3) is 15.7. The maximum atomic E-state index is 5.70. The summed E-state index contributed by atoms with van der Waals surface area (Å²) in [4.78, 5) is 2.49. The van der Waals surface area contributed by atoms with Gasteiger partial charge in [-0.05, 0) is 45.9 Å². The van der Waals surface area contributed by atoms with Crippen LogP contribution in [0.25, 0.3) is 0 Å². The number of ether oxygens (including phenoxy) is 3. The monoisotopic (exact) mass is 360 g/mol. The predicted octanol–water partition coefficient (Wildman–Crippen LogP) is -0.0793. The minimum Gasteiger partial charge on any atom is -0.379 e. The van der Waals surface area contributed by atoms with Crippen LogP contribution in [-0.2, 0) is 14.2 Å². The van der Waals surface area contributed by atoms with Gasteiger partial charge in [-0.15, -0.1) is 0 Å². The van der Waals surface area contributed by atoms with Gasteiger partial charge in [-0.2, -0.15) is 0 Å². The highest BCUT2D eigenvalue weighted by molar-refractivity contribution is 4.63. The third-order valence-corrected chi connectivity index (χ3v) is 4.12. The Morgan fingerprint density at radius 3 is 1.96 bits per heavy atom. The molecule has 0 atom stereocenters. The van der Waals surface area contributed by atoms with Gasteiger partial charge in [0.15, 0.2) is 0 Å². The molecule has 0 unspecified atom stereocenters. The molecule has 0 radical (unpaired) electrons. The maximum absolute atomic E-state index is 5.70. The minimum absolute atomic E-state index is 0.645. The second-order valence-corrected chi connectivity index (χ2v) is 6.22. The lowest BCUT2D eigenvalue weighted by Gasteiger charge is -2.23. The Morgan fingerprint density at radius 1 is 0.640 bits per heavy atom. The van der Waals surface area contributed by atoms with E-state index < -0.39 is 0 Å². The van der Waals surface area contributed by atoms with Gasteiger partial charge in [0.1, 0.15) is 0 Å². The average molecular weight is 361 g/mol. The van der Waals surface area contributed by atoms with E-state index in [0.29, 0.717) is 26.4 Å². The first-order valence-electron chi connectivity index (χ1n) is 10.0. The first-order valence-corrected chi connectivity index (χ1v) is 10.0. The van der Waals surface area contributed by atoms with Gasteiger partial charge in [-0.3, -0.25) is 4.90 Å². The van der Waals surface area contributed by atoms with Crippen LogP contribution in [0.15, 0.2) is 0 Å². The lowest BCUT2D eigenvalue weighted by Crippen LogP contribution is -2.38. The largest absolute Gasteiger partial charge is 0.379 e. The van der Waals surface area contributed by atoms with E-state index in [9.17, 15) is 0 Å². The van der Waals surface area contributed by atoms with E-state index in [1.54, 1.807) is 0 Å². The maximum Gasteiger partial charge on any atom is 0.0701 e. The Labute approximate surface area is 154 Å². The molecular weight excluding hydrogens is 320 g/mol. The molecule has 0 spiro atoms. The fraction of sp³-hybridized carbons (Fsp3) is 1.00. The van der Waals surface area contributed by atoms with Crippen molar-refractivity contribution in [3.05, 3.63) is 0 Å². The highest BCUT2D eigenvalue weighted by Gasteiger charge is 2.05. The Morgan fingerprint density at radius 2 is 1.24 bits per heavy atom. The van der Waals surface area contributed by atoms with Crippen molar-refractivity contribution in [2.45, 2.75) is 19.8 Å². The molecule has 0 aliphatic carbocycles. The molecular formula is C18H40N4O3. The SMILES string of the molecule is CCOCCOCCOCCN1CCCNCCNCCCNCC1. The van der Waals surface area contributed by atoms with Crippen LogP contribution in [0, 0.1) is 0 Å². The minimum atomic E-state index is 0.645. The molecule has 1 aliphatic rings. The molecule has 0 aromatic heterocycles. The Bertz CT molecular complexity index is 259. The quantitative estimate of drug-likeness (QED) is 0.471. The van der Waals surface area contributed by atoms with Gasteiger partial charge in [-0.25, -0.2) is 0 Å². The number of hydrogen-bond acceptors (Lipinski definition) is 7. The summed E-state index contributed by atoms with van der Waals surface area (Å²) < 4.78 is 16.4. The Balaban J connectivity index is 2.04. The van der Waals surface area contributed by atoms with Crippen LogP contribution in [0.5, 0.6) is 0 Å². The zero-order chi connectivity index (χ0) is 17.8. The zero-order valence-corrected chi connectivity index (χ0v) is 16.2. The van der Waals surface area contributed by atoms with Crippen molar-refractivity contribution in [3.63, 3.8) is 0 Å². The van der Waals surface area contributed by atoms with E-state index >= 15 is 0 Å². The Hall–Kier alpha value is -0.280. The molecule has 0 amide bonds. The molecule has 0 aromatic rings. The molecule has 1 rings (SSSR count). The number of rotatable bonds is 10. The molecule has 1 fully saturated rings. The second kappa shape index (κ2) is 18.5. The molecule has 0 bridgehead atoms. The van der Waals surface area contributed by atoms with E-state index in [1.165, 1.54) is 12.8 Å². The van der Waals surface area contributed by atoms with Gasteiger partial charge in [0.05, 0.1) is 33.0 Å². The van der Waals surface area contributed by atoms with E-state index in [2.05, 4.69) is 20.9 Å². The number of nitrogens with one attached hydrogen (secondary N) is 3. The van der Waals surface area contributed by atoms with Crippen LogP contribution in [0.4, 0.5) is 0 Å². The van der Waals surface area contributed by atoms with Gasteiger partial charge in [-0.1, -0.05) is 0 Å². The molecule has 7 heteroatoms. The summed E-state index contributed by atoms with van der Waals surface area (Å²) in [6.45, 7) is 15.8. The van der Waals surface area contributed by atoms with Crippen molar-refractivity contribution in [3.8, 4) is 0 Å². The van der Waals surface area contributed by atoms with Crippen molar-refractivity contribution >= 4 is 0 Å². The first-order chi connectivity index (χ1) is 12.4. The molecule has 25 heavy (non-hydrogen) atoms. The van der Waals surface area contributed by atoms with Crippen LogP contribution in [0.1, 0.15) is 19.8 Å². The van der Waals surface area contributed by atoms with Crippen molar-refractivity contribution in [2.24, 2.45) is 0 Å². The fourth-order valence-electron chi connectivity index (χ4n) is 2.67. The molecule has 1 heterocycles. The summed E-state index contributed by atoms with van der Waals surface area (Å²) >= 11 is 0. The van der Waals surface area contributed by atoms with E-state index in [1.807, 2.05) is 6.92 Å². The van der Waals surface area contributed by atoms with Crippen molar-refractivity contribution in [1.29, 1.82) is 0 Å². The van der Waals surface area contributed by atoms with Crippen LogP contribution >= 0.6 is 0 Å². The lowest BCUT2D eigenvalue weighted by atomic mass is 10.3. The number of nitrogens with zero attached hydrogens (tertiary/aromatic N) is 1. The molecule has 150 valence electrons. The average Bonchev–Trinajstić information content (AvgIpc) is 2.63. The predicted molar refractivity (Wildman–Crippen MR) is 102 cm³/mol. The van der Waals surface area contributed by atoms with Gasteiger partial charge >= 0.3 is 0 Å². The summed E-state index contributed by atoms with van der Waals surface area (Å²) in [6, 6.07) is 0. The van der Waals surface area contributed by atoms with Gasteiger partial charge < -0.3 is 30.2 Å². The normalized spacial score (nSPS) is 19.6. The van der Waals surface area contributed by atoms with Crippen molar-refractivity contribution in [1.82, 2.24) is 20.9 Å². The molecule has 0 saturated carbocycles. The standard InChI is InChI=1S/C18H40N4O3/c1-2-23-15-16-25-18-17-24-14-13-22-11-4-7-20-9-8-19-5-3-6-21-10-12-22/h19-21H,2-18H2,1H3. The zero-order valence-electron chi connectivity index (χ0n) is 16.2. The van der Waals surface area contributed by atoms with E-state index in [4.69, 9.17) is 14.2 Å². The smallest absolute Gasteiger partial charge is 0.0701 e. The summed E-state index contributed by atoms with van der Waals surface area (Å²) in [5.74, 6) is 0. The van der Waals surface area contributed by atoms with Crippen molar-refractivity contribution in [2.75, 3.05) is 98.5 Å². The molecule has 0 aromatic carbocycles. The first kappa shape index (κ1) is 22.8. The van der Waals surface area contributed by atoms with Gasteiger partial charge in [0, 0.05) is 39.3 Å². The van der Waals surface area contributed by atoms with Crippen LogP contribution in [0.2, 0.25) is 0 Å². The molecule has 7 nitrogen and oxygen atoms in total. The van der Waals surface area contributed by atoms with Crippen LogP contribution in [-0.4, -0.2) is 103 Å². The van der Waals surface area contributed by atoms with Gasteiger partial charge in [0.25, 0.3) is 0 Å². The molecule has 1 saturated heterocycles. The van der Waals surface area contributed by atoms with E-state index in [0.717, 1.165) is 72.1 Å². The Kier molecular flexibility index (Phi) is 16.9. The third-order valence-electron chi connectivity index (χ3n) is 4.12. The summed E-state index contributed by atoms with van der Waals surface area (Å²) in [5, 5.41) is 10.5. The summed E-state index contributed by atoms with van der Waals surface area (Å²) in [7, 11) is 0. The van der Waals surface area contributed by atoms with Crippen molar-refractivity contribution < 1.29 is 14.2 Å². The van der Waals surface area contributed by atoms with Gasteiger partial charge in [0.2, 0.25) is 0 Å². The highest BCUT2D eigenvalue weighted by Crippen LogP contribution is 1.92. The second-order valence-electron chi connectivity index (χ2n) is 6.22. The van der Waals surface area contributed by atoms with Crippen LogP contribution in [0.3, 0.4) is 0 Å². The molecule has 3 N–H and O–H groups in total. The lowest BCUT2D eigenvalue weighted by molar-refractivity contribution is 0.0127. The summed E-state index contributed by atoms with van der Waals surface area (Å²) in [5.41, 5.74) is 0. The highest BCUT2D eigenvalue weighted by atomic mass is 16.5. The fourth-order valence-corrected chi connectivity index (χ4v) is 2.67. The number of hydrogen-bond donors (Lipinski definition) is 3. The van der Waals surface area contributed by atoms with E-state index in [-0.39, 0.29) is 0 Å². The molecule has 1 aliphatic heterocycles. The summed E-state index contributed by atoms with van der Waals surface area (Å²) in [6.07, 6.45) is 2.37.